The monoisotopic (exact) mass is 257 g/mol. The Morgan fingerprint density at radius 1 is 1.50 bits per heavy atom. The van der Waals surface area contributed by atoms with Crippen LogP contribution in [0, 0.1) is 0 Å². The van der Waals surface area contributed by atoms with E-state index in [1.807, 2.05) is 25.9 Å². The van der Waals surface area contributed by atoms with E-state index in [-0.39, 0.29) is 12.1 Å². The van der Waals surface area contributed by atoms with E-state index in [0.717, 1.165) is 6.42 Å². The lowest BCUT2D eigenvalue weighted by Crippen LogP contribution is -2.55. The van der Waals surface area contributed by atoms with Gasteiger partial charge < -0.3 is 20.2 Å². The maximum atomic E-state index is 12.0. The molecule has 0 bridgehead atoms. The van der Waals surface area contributed by atoms with Crippen molar-refractivity contribution in [2.75, 3.05) is 27.2 Å². The summed E-state index contributed by atoms with van der Waals surface area (Å²) in [5.41, 5.74) is -1.06. The van der Waals surface area contributed by atoms with E-state index in [9.17, 15) is 14.7 Å². The molecule has 0 aliphatic carbocycles. The van der Waals surface area contributed by atoms with Crippen molar-refractivity contribution in [1.82, 2.24) is 15.1 Å². The van der Waals surface area contributed by atoms with Crippen LogP contribution in [-0.4, -0.2) is 65.7 Å². The first-order valence-corrected chi connectivity index (χ1v) is 6.24. The molecule has 0 aromatic rings. The molecule has 2 atom stereocenters. The van der Waals surface area contributed by atoms with Gasteiger partial charge in [0.25, 0.3) is 0 Å². The summed E-state index contributed by atoms with van der Waals surface area (Å²) in [6.07, 6.45) is 1.25. The lowest BCUT2D eigenvalue weighted by molar-refractivity contribution is -0.147. The molecule has 18 heavy (non-hydrogen) atoms. The Morgan fingerprint density at radius 3 is 2.61 bits per heavy atom. The van der Waals surface area contributed by atoms with Crippen molar-refractivity contribution in [3.8, 4) is 0 Å². The smallest absolute Gasteiger partial charge is 0.329 e. The number of hydrogen-bond donors (Lipinski definition) is 2. The second kappa shape index (κ2) is 5.56. The number of likely N-dealkylation sites (N-methyl/N-ethyl adjacent to an activating group) is 1. The molecule has 2 N–H and O–H groups in total. The Labute approximate surface area is 108 Å². The van der Waals surface area contributed by atoms with Gasteiger partial charge in [-0.3, -0.25) is 0 Å². The number of urea groups is 1. The normalized spacial score (nSPS) is 25.3. The van der Waals surface area contributed by atoms with Gasteiger partial charge in [-0.25, -0.2) is 9.59 Å². The van der Waals surface area contributed by atoms with Crippen LogP contribution >= 0.6 is 0 Å². The fourth-order valence-electron chi connectivity index (χ4n) is 2.02. The van der Waals surface area contributed by atoms with Gasteiger partial charge in [-0.2, -0.15) is 0 Å². The number of likely N-dealkylation sites (tertiary alicyclic amines) is 1. The van der Waals surface area contributed by atoms with Crippen molar-refractivity contribution < 1.29 is 14.7 Å². The number of nitrogens with one attached hydrogen (secondary N) is 1. The topological polar surface area (TPSA) is 72.9 Å². The predicted molar refractivity (Wildman–Crippen MR) is 68.5 cm³/mol. The number of carboxylic acid groups (broad SMARTS) is 1. The van der Waals surface area contributed by atoms with Gasteiger partial charge >= 0.3 is 12.0 Å². The minimum atomic E-state index is -1.06. The third-order valence-electron chi connectivity index (χ3n) is 3.78. The number of nitrogens with zero attached hydrogens (tertiary/aromatic N) is 2. The molecule has 2 unspecified atom stereocenters. The average molecular weight is 257 g/mol. The van der Waals surface area contributed by atoms with Crippen molar-refractivity contribution in [1.29, 1.82) is 0 Å². The third kappa shape index (κ3) is 2.93. The minimum absolute atomic E-state index is 0.215. The lowest BCUT2D eigenvalue weighted by atomic mass is 10.00. The number of amides is 2. The molecule has 0 aromatic carbocycles. The van der Waals surface area contributed by atoms with E-state index >= 15 is 0 Å². The molecule has 1 aliphatic heterocycles. The van der Waals surface area contributed by atoms with Crippen LogP contribution < -0.4 is 5.32 Å². The van der Waals surface area contributed by atoms with Crippen molar-refractivity contribution in [2.45, 2.75) is 38.3 Å². The van der Waals surface area contributed by atoms with Gasteiger partial charge in [0.05, 0.1) is 0 Å². The largest absolute Gasteiger partial charge is 0.480 e. The summed E-state index contributed by atoms with van der Waals surface area (Å²) in [6, 6.07) is -0.0706. The van der Waals surface area contributed by atoms with Crippen molar-refractivity contribution in [2.24, 2.45) is 0 Å². The van der Waals surface area contributed by atoms with Gasteiger partial charge in [0.2, 0.25) is 0 Å². The predicted octanol–water partition coefficient (Wildman–Crippen LogP) is 0.585. The molecule has 0 aromatic heterocycles. The van der Waals surface area contributed by atoms with Crippen molar-refractivity contribution in [3.63, 3.8) is 0 Å². The van der Waals surface area contributed by atoms with Gasteiger partial charge in [-0.15, -0.1) is 0 Å². The van der Waals surface area contributed by atoms with Crippen LogP contribution in [-0.2, 0) is 4.79 Å². The van der Waals surface area contributed by atoms with E-state index < -0.39 is 11.5 Å². The first kappa shape index (κ1) is 14.8. The number of carbonyl (C=O) groups excluding carboxylic acids is 1. The zero-order valence-electron chi connectivity index (χ0n) is 11.6. The first-order valence-electron chi connectivity index (χ1n) is 6.24. The van der Waals surface area contributed by atoms with Gasteiger partial charge in [0.15, 0.2) is 0 Å². The average Bonchev–Trinajstić information content (AvgIpc) is 2.69. The lowest BCUT2D eigenvalue weighted by Gasteiger charge is -2.32. The van der Waals surface area contributed by atoms with Crippen LogP contribution in [0.15, 0.2) is 0 Å². The van der Waals surface area contributed by atoms with Crippen LogP contribution in [0.3, 0.4) is 0 Å². The van der Waals surface area contributed by atoms with Crippen molar-refractivity contribution >= 4 is 12.0 Å². The van der Waals surface area contributed by atoms with E-state index in [2.05, 4.69) is 5.32 Å². The Balaban J connectivity index is 2.59. The van der Waals surface area contributed by atoms with E-state index in [1.54, 1.807) is 6.92 Å². The quantitative estimate of drug-likeness (QED) is 0.773. The number of rotatable bonds is 4. The number of carboxylic acids is 1. The summed E-state index contributed by atoms with van der Waals surface area (Å²) in [6.45, 7) is 4.63. The molecule has 1 rings (SSSR count). The van der Waals surface area contributed by atoms with Crippen LogP contribution in [0.25, 0.3) is 0 Å². The summed E-state index contributed by atoms with van der Waals surface area (Å²) in [7, 11) is 3.88. The highest BCUT2D eigenvalue weighted by molar-refractivity contribution is 5.86. The Kier molecular flexibility index (Phi) is 4.56. The molecule has 1 heterocycles. The molecule has 104 valence electrons. The van der Waals surface area contributed by atoms with Crippen molar-refractivity contribution in [3.05, 3.63) is 0 Å². The molecular weight excluding hydrogens is 234 g/mol. The minimum Gasteiger partial charge on any atom is -0.480 e. The van der Waals surface area contributed by atoms with Gasteiger partial charge in [-0.1, -0.05) is 0 Å². The second-order valence-electron chi connectivity index (χ2n) is 5.33. The van der Waals surface area contributed by atoms with E-state index in [0.29, 0.717) is 19.5 Å². The van der Waals surface area contributed by atoms with Gasteiger partial charge in [-0.05, 0) is 40.8 Å². The van der Waals surface area contributed by atoms with Gasteiger partial charge in [0, 0.05) is 19.1 Å². The maximum absolute atomic E-state index is 12.0. The number of hydrogen-bond acceptors (Lipinski definition) is 3. The fraction of sp³-hybridized carbons (Fsp3) is 0.833. The molecule has 2 amide bonds. The Morgan fingerprint density at radius 2 is 2.11 bits per heavy atom. The molecule has 6 heteroatoms. The number of carbonyl (C=O) groups is 2. The second-order valence-corrected chi connectivity index (χ2v) is 5.33. The Bertz CT molecular complexity index is 333. The zero-order valence-corrected chi connectivity index (χ0v) is 11.6. The molecule has 0 spiro atoms. The van der Waals surface area contributed by atoms with E-state index in [1.165, 1.54) is 4.90 Å². The number of aliphatic carboxylic acids is 1. The summed E-state index contributed by atoms with van der Waals surface area (Å²) in [5.74, 6) is -0.934. The van der Waals surface area contributed by atoms with E-state index in [4.69, 9.17) is 0 Å². The molecule has 0 radical (unpaired) electrons. The summed E-state index contributed by atoms with van der Waals surface area (Å²) >= 11 is 0. The standard InChI is InChI=1S/C12H23N3O3/c1-9(14(3)4)8-13-11(18)15-7-5-6-12(15,2)10(16)17/h9H,5-8H2,1-4H3,(H,13,18)(H,16,17). The van der Waals surface area contributed by atoms with Crippen LogP contribution in [0.4, 0.5) is 4.79 Å². The SMILES string of the molecule is CC(CNC(=O)N1CCCC1(C)C(=O)O)N(C)C. The third-order valence-corrected chi connectivity index (χ3v) is 3.78. The van der Waals surface area contributed by atoms with Gasteiger partial charge in [0.1, 0.15) is 5.54 Å². The Hall–Kier alpha value is -1.30. The zero-order chi connectivity index (χ0) is 13.9. The first-order chi connectivity index (χ1) is 8.29. The summed E-state index contributed by atoms with van der Waals surface area (Å²) in [5, 5.41) is 12.0. The molecule has 1 aliphatic rings. The van der Waals surface area contributed by atoms with Crippen LogP contribution in [0.1, 0.15) is 26.7 Å². The van der Waals surface area contributed by atoms with Crippen LogP contribution in [0.2, 0.25) is 0 Å². The highest BCUT2D eigenvalue weighted by atomic mass is 16.4. The fourth-order valence-corrected chi connectivity index (χ4v) is 2.02. The molecule has 1 saturated heterocycles. The molecule has 6 nitrogen and oxygen atoms in total. The highest BCUT2D eigenvalue weighted by Crippen LogP contribution is 2.29. The maximum Gasteiger partial charge on any atom is 0.329 e. The summed E-state index contributed by atoms with van der Waals surface area (Å²) < 4.78 is 0. The molecule has 0 saturated carbocycles. The molecular formula is C12H23N3O3. The van der Waals surface area contributed by atoms with Crippen LogP contribution in [0.5, 0.6) is 0 Å². The summed E-state index contributed by atoms with van der Waals surface area (Å²) in [4.78, 5) is 26.7. The highest BCUT2D eigenvalue weighted by Gasteiger charge is 2.45. The molecule has 1 fully saturated rings.